The number of hydrogen-bond donors (Lipinski definition) is 0. The van der Waals surface area contributed by atoms with Crippen molar-refractivity contribution in [2.45, 2.75) is 6.04 Å². The Labute approximate surface area is 122 Å². The van der Waals surface area contributed by atoms with Gasteiger partial charge in [-0.3, -0.25) is 4.68 Å². The average molecular weight is 287 g/mol. The van der Waals surface area contributed by atoms with Crippen LogP contribution in [0.5, 0.6) is 0 Å². The topological polar surface area (TPSA) is 75.6 Å². The van der Waals surface area contributed by atoms with Gasteiger partial charge in [0.25, 0.3) is 0 Å². The van der Waals surface area contributed by atoms with E-state index < -0.39 is 0 Å². The molecule has 21 heavy (non-hydrogen) atoms. The number of methoxy groups -OCH3 is 1. The van der Waals surface area contributed by atoms with E-state index in [1.165, 1.54) is 0 Å². The molecule has 0 aliphatic carbocycles. The minimum absolute atomic E-state index is 0.0796. The van der Waals surface area contributed by atoms with E-state index in [-0.39, 0.29) is 6.04 Å². The molecule has 8 nitrogen and oxygen atoms in total. The van der Waals surface area contributed by atoms with Gasteiger partial charge in [-0.1, -0.05) is 5.21 Å². The average Bonchev–Trinajstić information content (AvgIpc) is 3.17. The fourth-order valence-electron chi connectivity index (χ4n) is 2.31. The minimum Gasteiger partial charge on any atom is -0.382 e. The van der Waals surface area contributed by atoms with Crippen LogP contribution in [0.3, 0.4) is 0 Å². The van der Waals surface area contributed by atoms with Crippen LogP contribution in [-0.4, -0.2) is 48.0 Å². The summed E-state index contributed by atoms with van der Waals surface area (Å²) in [5.74, 6) is 0.780. The highest BCUT2D eigenvalue weighted by molar-refractivity contribution is 5.47. The molecule has 0 aromatic carbocycles. The van der Waals surface area contributed by atoms with Crippen molar-refractivity contribution in [3.63, 3.8) is 0 Å². The molecule has 0 saturated heterocycles. The molecule has 0 aliphatic rings. The second-order valence-corrected chi connectivity index (χ2v) is 4.80. The van der Waals surface area contributed by atoms with Gasteiger partial charge in [-0.25, -0.2) is 9.67 Å². The molecule has 110 valence electrons. The smallest absolute Gasteiger partial charge is 0.161 e. The van der Waals surface area contributed by atoms with Gasteiger partial charge in [0.1, 0.15) is 11.7 Å². The van der Waals surface area contributed by atoms with Gasteiger partial charge < -0.3 is 9.30 Å². The molecule has 0 fully saturated rings. The maximum Gasteiger partial charge on any atom is 0.161 e. The second-order valence-electron chi connectivity index (χ2n) is 4.80. The Balaban J connectivity index is 1.96. The first-order valence-electron chi connectivity index (χ1n) is 6.57. The van der Waals surface area contributed by atoms with Crippen LogP contribution in [0, 0.1) is 0 Å². The van der Waals surface area contributed by atoms with E-state index in [4.69, 9.17) is 4.74 Å². The van der Waals surface area contributed by atoms with Crippen molar-refractivity contribution in [1.82, 2.24) is 34.3 Å². The summed E-state index contributed by atoms with van der Waals surface area (Å²) in [5, 5.41) is 12.6. The summed E-state index contributed by atoms with van der Waals surface area (Å²) in [5.41, 5.74) is 1.74. The van der Waals surface area contributed by atoms with Crippen molar-refractivity contribution in [1.29, 1.82) is 0 Å². The van der Waals surface area contributed by atoms with E-state index in [2.05, 4.69) is 20.4 Å². The first-order valence-corrected chi connectivity index (χ1v) is 6.57. The van der Waals surface area contributed by atoms with Crippen molar-refractivity contribution in [3.8, 4) is 11.5 Å². The van der Waals surface area contributed by atoms with Gasteiger partial charge in [0.05, 0.1) is 18.5 Å². The number of imidazole rings is 1. The molecule has 3 aromatic heterocycles. The Morgan fingerprint density at radius 3 is 2.76 bits per heavy atom. The van der Waals surface area contributed by atoms with E-state index in [0.29, 0.717) is 6.61 Å². The molecule has 8 heteroatoms. The first kappa shape index (κ1) is 13.5. The highest BCUT2D eigenvalue weighted by Crippen LogP contribution is 2.20. The summed E-state index contributed by atoms with van der Waals surface area (Å²) in [6, 6.07) is 1.87. The maximum atomic E-state index is 5.31. The van der Waals surface area contributed by atoms with Gasteiger partial charge in [0.2, 0.25) is 0 Å². The van der Waals surface area contributed by atoms with Crippen LogP contribution >= 0.6 is 0 Å². The van der Waals surface area contributed by atoms with Gasteiger partial charge in [0, 0.05) is 39.8 Å². The molecular weight excluding hydrogens is 270 g/mol. The SMILES string of the molecule is COCC(c1ccnn1C)n1cc(-c2nccn2C)nn1. The molecule has 1 unspecified atom stereocenters. The zero-order valence-electron chi connectivity index (χ0n) is 12.2. The van der Waals surface area contributed by atoms with Crippen LogP contribution in [0.25, 0.3) is 11.5 Å². The van der Waals surface area contributed by atoms with Gasteiger partial charge in [0.15, 0.2) is 5.82 Å². The largest absolute Gasteiger partial charge is 0.382 e. The number of ether oxygens (including phenoxy) is 1. The van der Waals surface area contributed by atoms with Gasteiger partial charge in [-0.2, -0.15) is 5.10 Å². The van der Waals surface area contributed by atoms with Crippen LogP contribution in [0.4, 0.5) is 0 Å². The third-order valence-corrected chi connectivity index (χ3v) is 3.40. The summed E-state index contributed by atoms with van der Waals surface area (Å²) in [6.07, 6.45) is 7.25. The normalized spacial score (nSPS) is 12.7. The number of rotatable bonds is 5. The zero-order valence-corrected chi connectivity index (χ0v) is 12.2. The van der Waals surface area contributed by atoms with Crippen LogP contribution in [-0.2, 0) is 18.8 Å². The zero-order chi connectivity index (χ0) is 14.8. The molecule has 0 aliphatic heterocycles. The molecule has 3 rings (SSSR count). The molecule has 0 amide bonds. The number of hydrogen-bond acceptors (Lipinski definition) is 5. The summed E-state index contributed by atoms with van der Waals surface area (Å²) < 4.78 is 10.8. The van der Waals surface area contributed by atoms with Crippen LogP contribution in [0.1, 0.15) is 11.7 Å². The molecule has 0 N–H and O–H groups in total. The molecule has 3 aromatic rings. The predicted octanol–water partition coefficient (Wildman–Crippen LogP) is 0.648. The lowest BCUT2D eigenvalue weighted by Crippen LogP contribution is -2.19. The summed E-state index contributed by atoms with van der Waals surface area (Å²) in [7, 11) is 5.49. The van der Waals surface area contributed by atoms with Crippen LogP contribution in [0.15, 0.2) is 30.9 Å². The number of aryl methyl sites for hydroxylation is 2. The lowest BCUT2D eigenvalue weighted by molar-refractivity contribution is 0.160. The highest BCUT2D eigenvalue weighted by Gasteiger charge is 2.20. The third-order valence-electron chi connectivity index (χ3n) is 3.40. The van der Waals surface area contributed by atoms with E-state index in [9.17, 15) is 0 Å². The van der Waals surface area contributed by atoms with Crippen molar-refractivity contribution < 1.29 is 4.74 Å². The monoisotopic (exact) mass is 287 g/mol. The first-order chi connectivity index (χ1) is 10.2. The fourth-order valence-corrected chi connectivity index (χ4v) is 2.31. The molecule has 0 radical (unpaired) electrons. The van der Waals surface area contributed by atoms with Crippen LogP contribution < -0.4 is 0 Å². The Kier molecular flexibility index (Phi) is 3.53. The van der Waals surface area contributed by atoms with Gasteiger partial charge in [-0.05, 0) is 6.07 Å². The lowest BCUT2D eigenvalue weighted by atomic mass is 10.2. The standard InChI is InChI=1S/C13H17N7O/c1-18-7-6-14-13(18)10-8-20(17-16-10)12(9-21-3)11-4-5-15-19(11)2/h4-8,12H,9H2,1-3H3. The van der Waals surface area contributed by atoms with Crippen molar-refractivity contribution >= 4 is 0 Å². The number of nitrogens with zero attached hydrogens (tertiary/aromatic N) is 7. The van der Waals surface area contributed by atoms with Crippen LogP contribution in [0.2, 0.25) is 0 Å². The Morgan fingerprint density at radius 1 is 1.29 bits per heavy atom. The Hall–Kier alpha value is -2.48. The molecule has 0 saturated carbocycles. The van der Waals surface area contributed by atoms with Crippen molar-refractivity contribution in [3.05, 3.63) is 36.5 Å². The van der Waals surface area contributed by atoms with Gasteiger partial charge >= 0.3 is 0 Å². The third kappa shape index (κ3) is 2.45. The number of aromatic nitrogens is 7. The van der Waals surface area contributed by atoms with Crippen molar-refractivity contribution in [2.75, 3.05) is 13.7 Å². The molecule has 3 heterocycles. The van der Waals surface area contributed by atoms with E-state index >= 15 is 0 Å². The van der Waals surface area contributed by atoms with E-state index in [1.807, 2.05) is 41.8 Å². The minimum atomic E-state index is -0.0796. The second kappa shape index (κ2) is 5.49. The lowest BCUT2D eigenvalue weighted by Gasteiger charge is -2.16. The molecule has 0 bridgehead atoms. The summed E-state index contributed by atoms with van der Waals surface area (Å²) >= 11 is 0. The molecule has 1 atom stereocenters. The fraction of sp³-hybridized carbons (Fsp3) is 0.385. The molecule has 0 spiro atoms. The van der Waals surface area contributed by atoms with Crippen molar-refractivity contribution in [2.24, 2.45) is 14.1 Å². The Morgan fingerprint density at radius 2 is 2.14 bits per heavy atom. The highest BCUT2D eigenvalue weighted by atomic mass is 16.5. The maximum absolute atomic E-state index is 5.31. The van der Waals surface area contributed by atoms with E-state index in [0.717, 1.165) is 17.2 Å². The quantitative estimate of drug-likeness (QED) is 0.688. The van der Waals surface area contributed by atoms with E-state index in [1.54, 1.807) is 24.2 Å². The van der Waals surface area contributed by atoms with Gasteiger partial charge in [-0.15, -0.1) is 5.10 Å². The summed E-state index contributed by atoms with van der Waals surface area (Å²) in [4.78, 5) is 4.28. The predicted molar refractivity (Wildman–Crippen MR) is 75.4 cm³/mol. The molecular formula is C13H17N7O. The summed E-state index contributed by atoms with van der Waals surface area (Å²) in [6.45, 7) is 0.489. The Bertz CT molecular complexity index is 726.